The minimum absolute atomic E-state index is 0.409. The maximum Gasteiger partial charge on any atom is 0.0509 e. The van der Waals surface area contributed by atoms with E-state index in [1.54, 1.807) is 0 Å². The topological polar surface area (TPSA) is 12.5 Å². The summed E-state index contributed by atoms with van der Waals surface area (Å²) < 4.78 is 5.61. The van der Waals surface area contributed by atoms with Crippen molar-refractivity contribution >= 4 is 0 Å². The molecule has 88 valence electrons. The van der Waals surface area contributed by atoms with Gasteiger partial charge in [-0.15, -0.1) is 0 Å². The fraction of sp³-hybridized carbons (Fsp3) is 1.00. The Kier molecular flexibility index (Phi) is 3.09. The third kappa shape index (κ3) is 2.07. The molecule has 0 aromatic carbocycles. The van der Waals surface area contributed by atoms with Crippen LogP contribution in [-0.2, 0) is 4.74 Å². The third-order valence-electron chi connectivity index (χ3n) is 4.09. The van der Waals surface area contributed by atoms with E-state index in [0.717, 1.165) is 31.1 Å². The zero-order valence-corrected chi connectivity index (χ0v) is 10.6. The SMILES string of the molecule is CCN1CC2COCCC2C1C(C)(C)C. The minimum Gasteiger partial charge on any atom is -0.381 e. The number of ether oxygens (including phenoxy) is 1. The van der Waals surface area contributed by atoms with Gasteiger partial charge in [-0.1, -0.05) is 27.7 Å². The lowest BCUT2D eigenvalue weighted by Gasteiger charge is -2.39. The van der Waals surface area contributed by atoms with E-state index in [1.807, 2.05) is 0 Å². The van der Waals surface area contributed by atoms with E-state index in [0.29, 0.717) is 5.41 Å². The van der Waals surface area contributed by atoms with Gasteiger partial charge in [0.1, 0.15) is 0 Å². The highest BCUT2D eigenvalue weighted by Crippen LogP contribution is 2.43. The van der Waals surface area contributed by atoms with E-state index >= 15 is 0 Å². The Morgan fingerprint density at radius 3 is 2.67 bits per heavy atom. The van der Waals surface area contributed by atoms with Crippen molar-refractivity contribution in [2.24, 2.45) is 17.3 Å². The summed E-state index contributed by atoms with van der Waals surface area (Å²) in [5.74, 6) is 1.67. The standard InChI is InChI=1S/C13H25NO/c1-5-14-8-10-9-15-7-6-11(10)12(14)13(2,3)4/h10-12H,5-9H2,1-4H3. The zero-order chi connectivity index (χ0) is 11.1. The highest BCUT2D eigenvalue weighted by atomic mass is 16.5. The largest absolute Gasteiger partial charge is 0.381 e. The van der Waals surface area contributed by atoms with Crippen molar-refractivity contribution in [2.75, 3.05) is 26.3 Å². The molecule has 2 saturated heterocycles. The number of rotatable bonds is 1. The van der Waals surface area contributed by atoms with E-state index in [4.69, 9.17) is 4.74 Å². The number of hydrogen-bond acceptors (Lipinski definition) is 2. The Hall–Kier alpha value is -0.0800. The van der Waals surface area contributed by atoms with Crippen LogP contribution < -0.4 is 0 Å². The van der Waals surface area contributed by atoms with E-state index in [1.165, 1.54) is 19.5 Å². The summed E-state index contributed by atoms with van der Waals surface area (Å²) in [6, 6.07) is 0.761. The molecule has 2 aliphatic rings. The molecule has 2 nitrogen and oxygen atoms in total. The Labute approximate surface area is 94.0 Å². The van der Waals surface area contributed by atoms with Gasteiger partial charge in [-0.3, -0.25) is 4.90 Å². The molecule has 2 rings (SSSR count). The molecule has 0 spiro atoms. The molecule has 0 radical (unpaired) electrons. The van der Waals surface area contributed by atoms with Crippen LogP contribution in [-0.4, -0.2) is 37.2 Å². The van der Waals surface area contributed by atoms with Crippen LogP contribution in [0.1, 0.15) is 34.1 Å². The van der Waals surface area contributed by atoms with Crippen LogP contribution in [0.4, 0.5) is 0 Å². The molecule has 0 saturated carbocycles. The first-order valence-corrected chi connectivity index (χ1v) is 6.36. The van der Waals surface area contributed by atoms with Gasteiger partial charge in [0.2, 0.25) is 0 Å². The molecular weight excluding hydrogens is 186 g/mol. The fourth-order valence-electron chi connectivity index (χ4n) is 3.62. The highest BCUT2D eigenvalue weighted by molar-refractivity contribution is 4.99. The van der Waals surface area contributed by atoms with E-state index in [2.05, 4.69) is 32.6 Å². The van der Waals surface area contributed by atoms with Gasteiger partial charge in [-0.2, -0.15) is 0 Å². The Balaban J connectivity index is 2.17. The van der Waals surface area contributed by atoms with Crippen LogP contribution >= 0.6 is 0 Å². The van der Waals surface area contributed by atoms with Crippen LogP contribution in [0, 0.1) is 17.3 Å². The van der Waals surface area contributed by atoms with Crippen LogP contribution in [0.15, 0.2) is 0 Å². The monoisotopic (exact) mass is 211 g/mol. The van der Waals surface area contributed by atoms with Crippen molar-refractivity contribution in [2.45, 2.75) is 40.2 Å². The smallest absolute Gasteiger partial charge is 0.0509 e. The molecular formula is C13H25NO. The van der Waals surface area contributed by atoms with E-state index < -0.39 is 0 Å². The van der Waals surface area contributed by atoms with Crippen LogP contribution in [0.2, 0.25) is 0 Å². The van der Waals surface area contributed by atoms with Crippen molar-refractivity contribution < 1.29 is 4.74 Å². The molecule has 0 aromatic rings. The molecule has 3 atom stereocenters. The van der Waals surface area contributed by atoms with Crippen molar-refractivity contribution in [3.05, 3.63) is 0 Å². The summed E-state index contributed by atoms with van der Waals surface area (Å²) >= 11 is 0. The van der Waals surface area contributed by atoms with Gasteiger partial charge in [0.05, 0.1) is 6.61 Å². The number of fused-ring (bicyclic) bond motifs is 1. The predicted octanol–water partition coefficient (Wildman–Crippen LogP) is 2.39. The first kappa shape index (κ1) is 11.4. The Bertz CT molecular complexity index is 221. The molecule has 2 aliphatic heterocycles. The number of hydrogen-bond donors (Lipinski definition) is 0. The van der Waals surface area contributed by atoms with Gasteiger partial charge in [0.15, 0.2) is 0 Å². The van der Waals surface area contributed by atoms with Crippen LogP contribution in [0.5, 0.6) is 0 Å². The first-order chi connectivity index (χ1) is 7.04. The summed E-state index contributed by atoms with van der Waals surface area (Å²) in [5, 5.41) is 0. The molecule has 0 aromatic heterocycles. The van der Waals surface area contributed by atoms with Crippen molar-refractivity contribution in [1.29, 1.82) is 0 Å². The van der Waals surface area contributed by atoms with Gasteiger partial charge in [-0.25, -0.2) is 0 Å². The molecule has 2 fully saturated rings. The maximum atomic E-state index is 5.61. The van der Waals surface area contributed by atoms with Crippen molar-refractivity contribution in [3.8, 4) is 0 Å². The van der Waals surface area contributed by atoms with E-state index in [9.17, 15) is 0 Å². The lowest BCUT2D eigenvalue weighted by molar-refractivity contribution is 0.0160. The second-order valence-corrected chi connectivity index (χ2v) is 6.19. The van der Waals surface area contributed by atoms with Crippen LogP contribution in [0.25, 0.3) is 0 Å². The lowest BCUT2D eigenvalue weighted by atomic mass is 9.75. The molecule has 0 N–H and O–H groups in total. The summed E-state index contributed by atoms with van der Waals surface area (Å²) in [7, 11) is 0. The molecule has 0 amide bonds. The second-order valence-electron chi connectivity index (χ2n) is 6.19. The molecule has 2 heterocycles. The zero-order valence-electron chi connectivity index (χ0n) is 10.6. The molecule has 3 unspecified atom stereocenters. The Morgan fingerprint density at radius 2 is 2.07 bits per heavy atom. The molecule has 2 heteroatoms. The molecule has 0 bridgehead atoms. The van der Waals surface area contributed by atoms with Gasteiger partial charge in [0, 0.05) is 19.2 Å². The van der Waals surface area contributed by atoms with Crippen molar-refractivity contribution in [3.63, 3.8) is 0 Å². The van der Waals surface area contributed by atoms with Crippen molar-refractivity contribution in [1.82, 2.24) is 4.90 Å². The second kappa shape index (κ2) is 4.06. The van der Waals surface area contributed by atoms with Gasteiger partial charge in [-0.05, 0) is 30.2 Å². The summed E-state index contributed by atoms with van der Waals surface area (Å²) in [6.45, 7) is 13.9. The molecule has 0 aliphatic carbocycles. The van der Waals surface area contributed by atoms with Gasteiger partial charge < -0.3 is 4.74 Å². The number of likely N-dealkylation sites (tertiary alicyclic amines) is 1. The van der Waals surface area contributed by atoms with Gasteiger partial charge in [0.25, 0.3) is 0 Å². The average molecular weight is 211 g/mol. The summed E-state index contributed by atoms with van der Waals surface area (Å²) in [5.41, 5.74) is 0.409. The fourth-order valence-corrected chi connectivity index (χ4v) is 3.62. The molecule has 15 heavy (non-hydrogen) atoms. The summed E-state index contributed by atoms with van der Waals surface area (Å²) in [4.78, 5) is 2.67. The third-order valence-corrected chi connectivity index (χ3v) is 4.09. The van der Waals surface area contributed by atoms with E-state index in [-0.39, 0.29) is 0 Å². The normalized spacial score (nSPS) is 38.0. The minimum atomic E-state index is 0.409. The first-order valence-electron chi connectivity index (χ1n) is 6.36. The number of nitrogens with zero attached hydrogens (tertiary/aromatic N) is 1. The predicted molar refractivity (Wildman–Crippen MR) is 62.9 cm³/mol. The Morgan fingerprint density at radius 1 is 1.33 bits per heavy atom. The average Bonchev–Trinajstić information content (AvgIpc) is 2.54. The maximum absolute atomic E-state index is 5.61. The lowest BCUT2D eigenvalue weighted by Crippen LogP contribution is -2.43. The summed E-state index contributed by atoms with van der Waals surface area (Å²) in [6.07, 6.45) is 1.27. The van der Waals surface area contributed by atoms with Gasteiger partial charge >= 0.3 is 0 Å². The quantitative estimate of drug-likeness (QED) is 0.660. The van der Waals surface area contributed by atoms with Crippen LogP contribution in [0.3, 0.4) is 0 Å². The highest BCUT2D eigenvalue weighted by Gasteiger charge is 2.47.